The van der Waals surface area contributed by atoms with Gasteiger partial charge in [-0.05, 0) is 64.5 Å². The molecule has 8 aromatic rings. The van der Waals surface area contributed by atoms with Crippen molar-refractivity contribution in [2.24, 2.45) is 5.41 Å². The Morgan fingerprint density at radius 3 is 2.25 bits per heavy atom. The van der Waals surface area contributed by atoms with Crippen LogP contribution in [0.15, 0.2) is 132 Å². The zero-order valence-electron chi connectivity index (χ0n) is 27.4. The van der Waals surface area contributed by atoms with E-state index in [2.05, 4.69) is 102 Å². The van der Waals surface area contributed by atoms with Crippen molar-refractivity contribution in [1.29, 1.82) is 0 Å². The van der Waals surface area contributed by atoms with Gasteiger partial charge in [-0.25, -0.2) is 0 Å². The molecule has 1 radical (unpaired) electrons. The third kappa shape index (κ3) is 7.13. The van der Waals surface area contributed by atoms with Gasteiger partial charge < -0.3 is 14.4 Å². The SMILES string of the molecule is CC(C)(C)Cc1ccc(-c2ccnc(-c3[c-]cccc3)c2)cc1.Cc1ccc(-c2[c-]ccc3c2oc2c4ccncc4ccc32)nc1.[Ir]. The first-order chi connectivity index (χ1) is 22.8. The molecule has 0 unspecified atom stereocenters. The average molecular weight is 802 g/mol. The Labute approximate surface area is 295 Å². The maximum Gasteiger partial charge on any atom is 0.128 e. The van der Waals surface area contributed by atoms with Crippen molar-refractivity contribution in [3.63, 3.8) is 0 Å². The fraction of sp³-hybridized carbons (Fsp3) is 0.140. The van der Waals surface area contributed by atoms with Crippen molar-refractivity contribution in [2.75, 3.05) is 0 Å². The number of hydrogen-bond acceptors (Lipinski definition) is 4. The van der Waals surface area contributed by atoms with Crippen LogP contribution in [0.25, 0.3) is 66.4 Å². The first-order valence-corrected chi connectivity index (χ1v) is 15.9. The van der Waals surface area contributed by atoms with E-state index in [0.29, 0.717) is 5.41 Å². The monoisotopic (exact) mass is 802 g/mol. The number of rotatable bonds is 4. The first kappa shape index (κ1) is 33.0. The minimum absolute atomic E-state index is 0. The van der Waals surface area contributed by atoms with Crippen molar-refractivity contribution in [2.45, 2.75) is 34.1 Å². The zero-order chi connectivity index (χ0) is 32.4. The van der Waals surface area contributed by atoms with E-state index in [1.165, 1.54) is 16.7 Å². The van der Waals surface area contributed by atoms with E-state index in [0.717, 1.165) is 67.2 Å². The van der Waals surface area contributed by atoms with Crippen LogP contribution < -0.4 is 0 Å². The second-order valence-electron chi connectivity index (χ2n) is 13.1. The summed E-state index contributed by atoms with van der Waals surface area (Å²) in [6, 6.07) is 41.8. The Hall–Kier alpha value is -4.96. The molecule has 0 spiro atoms. The van der Waals surface area contributed by atoms with Crippen LogP contribution in [-0.2, 0) is 26.5 Å². The molecule has 0 amide bonds. The number of furan rings is 1. The molecular formula is C43H35IrN3O-2. The number of benzene rings is 4. The summed E-state index contributed by atoms with van der Waals surface area (Å²) in [5.41, 5.74) is 10.7. The Bertz CT molecular complexity index is 2300. The molecule has 0 saturated heterocycles. The summed E-state index contributed by atoms with van der Waals surface area (Å²) < 4.78 is 6.28. The van der Waals surface area contributed by atoms with Gasteiger partial charge in [0.2, 0.25) is 0 Å². The second-order valence-corrected chi connectivity index (χ2v) is 13.1. The van der Waals surface area contributed by atoms with E-state index in [-0.39, 0.29) is 20.1 Å². The van der Waals surface area contributed by atoms with E-state index in [9.17, 15) is 0 Å². The van der Waals surface area contributed by atoms with Crippen LogP contribution in [0.1, 0.15) is 31.9 Å². The van der Waals surface area contributed by atoms with Gasteiger partial charge in [0.1, 0.15) is 5.58 Å². The van der Waals surface area contributed by atoms with Crippen LogP contribution in [0.2, 0.25) is 0 Å². The fourth-order valence-electron chi connectivity index (χ4n) is 5.91. The van der Waals surface area contributed by atoms with E-state index in [1.807, 2.05) is 74.0 Å². The van der Waals surface area contributed by atoms with Gasteiger partial charge in [0, 0.05) is 61.1 Å². The van der Waals surface area contributed by atoms with Crippen molar-refractivity contribution in [3.05, 3.63) is 151 Å². The summed E-state index contributed by atoms with van der Waals surface area (Å²) in [5.74, 6) is 0. The topological polar surface area (TPSA) is 51.8 Å². The summed E-state index contributed by atoms with van der Waals surface area (Å²) in [7, 11) is 0. The molecule has 4 heterocycles. The molecule has 0 aliphatic carbocycles. The quantitative estimate of drug-likeness (QED) is 0.166. The van der Waals surface area contributed by atoms with Crippen LogP contribution in [-0.4, -0.2) is 15.0 Å². The number of hydrogen-bond donors (Lipinski definition) is 0. The number of pyridine rings is 3. The van der Waals surface area contributed by atoms with Crippen LogP contribution >= 0.6 is 0 Å². The van der Waals surface area contributed by atoms with Crippen LogP contribution in [0.4, 0.5) is 0 Å². The maximum absolute atomic E-state index is 6.28. The molecule has 4 aromatic heterocycles. The third-order valence-corrected chi connectivity index (χ3v) is 8.15. The standard InChI is InChI=1S/C22H22N.C21H13N2O.Ir/c1-22(2,3)16-17-9-11-18(12-10-17)20-13-14-23-21(15-20)19-7-5-4-6-8-19;1-13-5-8-19(23-11-13)18-4-2-3-16-17-7-6-14-12-22-10-9-15(14)20(17)24-21(16)18;/h4-7,9-15H,16H2,1-3H3;2-3,5-12H,1H3;/q2*-1;. The van der Waals surface area contributed by atoms with E-state index in [4.69, 9.17) is 4.42 Å². The van der Waals surface area contributed by atoms with E-state index in [1.54, 1.807) is 6.20 Å². The molecule has 48 heavy (non-hydrogen) atoms. The minimum atomic E-state index is 0. The summed E-state index contributed by atoms with van der Waals surface area (Å²) in [5, 5.41) is 4.33. The van der Waals surface area contributed by atoms with Crippen molar-refractivity contribution < 1.29 is 24.5 Å². The second kappa shape index (κ2) is 14.0. The van der Waals surface area contributed by atoms with Gasteiger partial charge in [-0.2, -0.15) is 0 Å². The summed E-state index contributed by atoms with van der Waals surface area (Å²) in [6.45, 7) is 8.84. The Balaban J connectivity index is 0.000000164. The maximum atomic E-state index is 6.28. The van der Waals surface area contributed by atoms with Gasteiger partial charge in [0.05, 0.1) is 5.58 Å². The van der Waals surface area contributed by atoms with Crippen molar-refractivity contribution in [1.82, 2.24) is 15.0 Å². The van der Waals surface area contributed by atoms with Gasteiger partial charge in [-0.15, -0.1) is 54.1 Å². The molecule has 0 N–H and O–H groups in total. The predicted octanol–water partition coefficient (Wildman–Crippen LogP) is 11.1. The number of nitrogens with zero attached hydrogens (tertiary/aromatic N) is 3. The summed E-state index contributed by atoms with van der Waals surface area (Å²) >= 11 is 0. The first-order valence-electron chi connectivity index (χ1n) is 15.9. The van der Waals surface area contributed by atoms with Gasteiger partial charge in [0.15, 0.2) is 0 Å². The third-order valence-electron chi connectivity index (χ3n) is 8.15. The van der Waals surface area contributed by atoms with E-state index < -0.39 is 0 Å². The average Bonchev–Trinajstić information content (AvgIpc) is 3.49. The molecule has 4 nitrogen and oxygen atoms in total. The molecule has 0 aliphatic rings. The largest absolute Gasteiger partial charge is 0.500 e. The molecule has 4 aromatic carbocycles. The zero-order valence-corrected chi connectivity index (χ0v) is 29.8. The van der Waals surface area contributed by atoms with Crippen molar-refractivity contribution >= 4 is 32.7 Å². The fourth-order valence-corrected chi connectivity index (χ4v) is 5.91. The molecule has 0 aliphatic heterocycles. The molecule has 0 saturated carbocycles. The molecule has 0 bridgehead atoms. The van der Waals surface area contributed by atoms with Crippen LogP contribution in [0.5, 0.6) is 0 Å². The molecule has 8 rings (SSSR count). The Morgan fingerprint density at radius 1 is 0.667 bits per heavy atom. The molecular weight excluding hydrogens is 767 g/mol. The van der Waals surface area contributed by atoms with Gasteiger partial charge in [-0.3, -0.25) is 4.98 Å². The Kier molecular flexibility index (Phi) is 9.63. The smallest absolute Gasteiger partial charge is 0.128 e. The van der Waals surface area contributed by atoms with Crippen LogP contribution in [0.3, 0.4) is 0 Å². The molecule has 0 atom stereocenters. The molecule has 0 fully saturated rings. The molecule has 5 heteroatoms. The Morgan fingerprint density at radius 2 is 1.50 bits per heavy atom. The van der Waals surface area contributed by atoms with Crippen molar-refractivity contribution in [3.8, 4) is 33.6 Å². The van der Waals surface area contributed by atoms with Gasteiger partial charge >= 0.3 is 0 Å². The van der Waals surface area contributed by atoms with E-state index >= 15 is 0 Å². The number of aryl methyl sites for hydroxylation is 1. The number of aromatic nitrogens is 3. The number of fused-ring (bicyclic) bond motifs is 5. The van der Waals surface area contributed by atoms with Gasteiger partial charge in [-0.1, -0.05) is 86.3 Å². The van der Waals surface area contributed by atoms with Crippen LogP contribution in [0, 0.1) is 24.5 Å². The minimum Gasteiger partial charge on any atom is -0.500 e. The predicted molar refractivity (Wildman–Crippen MR) is 193 cm³/mol. The summed E-state index contributed by atoms with van der Waals surface area (Å²) in [6.07, 6.45) is 8.48. The molecule has 239 valence electrons. The normalized spacial score (nSPS) is 11.2. The van der Waals surface area contributed by atoms with Gasteiger partial charge in [0.25, 0.3) is 0 Å². The summed E-state index contributed by atoms with van der Waals surface area (Å²) in [4.78, 5) is 13.2.